The van der Waals surface area contributed by atoms with Crippen LogP contribution in [-0.4, -0.2) is 18.0 Å². The van der Waals surface area contributed by atoms with Crippen molar-refractivity contribution in [1.82, 2.24) is 4.90 Å². The molecule has 0 radical (unpaired) electrons. The average Bonchev–Trinajstić information content (AvgIpc) is 2.46. The van der Waals surface area contributed by atoms with Crippen molar-refractivity contribution in [3.63, 3.8) is 0 Å². The van der Waals surface area contributed by atoms with Crippen molar-refractivity contribution in [2.75, 3.05) is 17.7 Å². The van der Waals surface area contributed by atoms with Gasteiger partial charge in [-0.3, -0.25) is 4.90 Å². The van der Waals surface area contributed by atoms with E-state index < -0.39 is 0 Å². The van der Waals surface area contributed by atoms with E-state index in [-0.39, 0.29) is 6.03 Å². The smallest absolute Gasteiger partial charge is 0.324 e. The number of para-hydroxylation sites is 2. The molecule has 2 amide bonds. The lowest BCUT2D eigenvalue weighted by Gasteiger charge is -2.35. The number of benzene rings is 2. The van der Waals surface area contributed by atoms with E-state index in [0.29, 0.717) is 18.8 Å². The minimum Gasteiger partial charge on any atom is -0.398 e. The molecular weight excluding hydrogens is 250 g/mol. The Morgan fingerprint density at radius 2 is 1.80 bits per heavy atom. The van der Waals surface area contributed by atoms with E-state index in [2.05, 4.69) is 6.07 Å². The highest BCUT2D eigenvalue weighted by molar-refractivity contribution is 5.94. The van der Waals surface area contributed by atoms with Crippen LogP contribution in [0.25, 0.3) is 0 Å². The monoisotopic (exact) mass is 267 g/mol. The Balaban J connectivity index is 2.00. The van der Waals surface area contributed by atoms with Crippen molar-refractivity contribution in [3.05, 3.63) is 59.7 Å². The molecule has 0 aromatic heterocycles. The lowest BCUT2D eigenvalue weighted by molar-refractivity contribution is 0.210. The number of hydrogen-bond acceptors (Lipinski definition) is 2. The molecule has 20 heavy (non-hydrogen) atoms. The molecule has 0 spiro atoms. The number of fused-ring (bicyclic) bond motifs is 1. The van der Waals surface area contributed by atoms with Gasteiger partial charge in [-0.1, -0.05) is 36.4 Å². The Kier molecular flexibility index (Phi) is 3.06. The first kappa shape index (κ1) is 12.5. The van der Waals surface area contributed by atoms with E-state index in [1.807, 2.05) is 49.5 Å². The van der Waals surface area contributed by atoms with Gasteiger partial charge in [0.15, 0.2) is 0 Å². The highest BCUT2D eigenvalue weighted by Crippen LogP contribution is 2.29. The fourth-order valence-corrected chi connectivity index (χ4v) is 2.54. The minimum absolute atomic E-state index is 0.00644. The van der Waals surface area contributed by atoms with E-state index in [0.717, 1.165) is 16.8 Å². The Labute approximate surface area is 118 Å². The molecule has 4 heteroatoms. The molecule has 1 aliphatic heterocycles. The molecule has 102 valence electrons. The number of nitrogen functional groups attached to an aromatic ring is 1. The Morgan fingerprint density at radius 3 is 2.60 bits per heavy atom. The summed E-state index contributed by atoms with van der Waals surface area (Å²) in [5.41, 5.74) is 9.79. The van der Waals surface area contributed by atoms with Crippen LogP contribution in [0, 0.1) is 0 Å². The quantitative estimate of drug-likeness (QED) is 0.851. The summed E-state index contributed by atoms with van der Waals surface area (Å²) in [7, 11) is 1.82. The molecule has 0 bridgehead atoms. The molecular formula is C16H17N3O. The summed E-state index contributed by atoms with van der Waals surface area (Å²) in [6, 6.07) is 15.7. The van der Waals surface area contributed by atoms with Crippen LogP contribution in [-0.2, 0) is 13.1 Å². The van der Waals surface area contributed by atoms with Crippen LogP contribution in [0.4, 0.5) is 16.2 Å². The number of rotatable bonds is 2. The third-order valence-corrected chi connectivity index (χ3v) is 3.63. The summed E-state index contributed by atoms with van der Waals surface area (Å²) < 4.78 is 0. The van der Waals surface area contributed by atoms with E-state index in [1.165, 1.54) is 0 Å². The molecule has 0 fully saturated rings. The van der Waals surface area contributed by atoms with E-state index in [4.69, 9.17) is 5.73 Å². The van der Waals surface area contributed by atoms with E-state index >= 15 is 0 Å². The first-order chi connectivity index (χ1) is 9.66. The molecule has 0 saturated heterocycles. The zero-order valence-electron chi connectivity index (χ0n) is 11.4. The number of anilines is 2. The number of nitrogens with two attached hydrogens (primary N) is 1. The van der Waals surface area contributed by atoms with Crippen LogP contribution in [0.2, 0.25) is 0 Å². The standard InChI is InChI=1S/C16H17N3O/c1-18-10-13-7-3-5-9-15(13)19(16(18)20)11-12-6-2-4-8-14(12)17/h2-9H,10-11,17H2,1H3. The number of carbonyl (C=O) groups excluding carboxylic acids is 1. The van der Waals surface area contributed by atoms with Crippen LogP contribution < -0.4 is 10.6 Å². The predicted molar refractivity (Wildman–Crippen MR) is 80.3 cm³/mol. The summed E-state index contributed by atoms with van der Waals surface area (Å²) in [6.45, 7) is 1.14. The fourth-order valence-electron chi connectivity index (χ4n) is 2.54. The first-order valence-electron chi connectivity index (χ1n) is 6.61. The van der Waals surface area contributed by atoms with Crippen LogP contribution in [0.1, 0.15) is 11.1 Å². The van der Waals surface area contributed by atoms with Crippen LogP contribution in [0.3, 0.4) is 0 Å². The molecule has 2 N–H and O–H groups in total. The molecule has 0 unspecified atom stereocenters. The van der Waals surface area contributed by atoms with Gasteiger partial charge in [-0.15, -0.1) is 0 Å². The van der Waals surface area contributed by atoms with Crippen LogP contribution in [0.5, 0.6) is 0 Å². The summed E-state index contributed by atoms with van der Waals surface area (Å²) in [5.74, 6) is 0. The molecule has 0 atom stereocenters. The van der Waals surface area contributed by atoms with Gasteiger partial charge in [-0.05, 0) is 23.3 Å². The number of carbonyl (C=O) groups is 1. The minimum atomic E-state index is 0.00644. The lowest BCUT2D eigenvalue weighted by atomic mass is 10.1. The number of urea groups is 1. The maximum absolute atomic E-state index is 12.4. The van der Waals surface area contributed by atoms with Gasteiger partial charge in [0.1, 0.15) is 0 Å². The summed E-state index contributed by atoms with van der Waals surface area (Å²) in [6.07, 6.45) is 0. The number of nitrogens with zero attached hydrogens (tertiary/aromatic N) is 2. The van der Waals surface area contributed by atoms with E-state index in [1.54, 1.807) is 9.80 Å². The van der Waals surface area contributed by atoms with Gasteiger partial charge < -0.3 is 10.6 Å². The Bertz CT molecular complexity index is 654. The normalized spacial score (nSPS) is 14.3. The largest absolute Gasteiger partial charge is 0.398 e. The summed E-state index contributed by atoms with van der Waals surface area (Å²) in [4.78, 5) is 15.9. The van der Waals surface area contributed by atoms with Crippen molar-refractivity contribution in [2.24, 2.45) is 0 Å². The topological polar surface area (TPSA) is 49.6 Å². The maximum Gasteiger partial charge on any atom is 0.324 e. The highest BCUT2D eigenvalue weighted by atomic mass is 16.2. The Morgan fingerprint density at radius 1 is 1.10 bits per heavy atom. The highest BCUT2D eigenvalue weighted by Gasteiger charge is 2.27. The lowest BCUT2D eigenvalue weighted by Crippen LogP contribution is -2.44. The molecule has 0 aliphatic carbocycles. The molecule has 2 aromatic rings. The second-order valence-corrected chi connectivity index (χ2v) is 5.05. The van der Waals surface area contributed by atoms with Gasteiger partial charge in [0.2, 0.25) is 0 Å². The molecule has 0 saturated carbocycles. The second-order valence-electron chi connectivity index (χ2n) is 5.05. The predicted octanol–water partition coefficient (Wildman–Crippen LogP) is 2.84. The van der Waals surface area contributed by atoms with Crippen LogP contribution in [0.15, 0.2) is 48.5 Å². The van der Waals surface area contributed by atoms with Crippen molar-refractivity contribution >= 4 is 17.4 Å². The van der Waals surface area contributed by atoms with E-state index in [9.17, 15) is 4.79 Å². The summed E-state index contributed by atoms with van der Waals surface area (Å²) in [5, 5.41) is 0. The van der Waals surface area contributed by atoms with Gasteiger partial charge in [0.05, 0.1) is 12.2 Å². The SMILES string of the molecule is CN1Cc2ccccc2N(Cc2ccccc2N)C1=O. The fraction of sp³-hybridized carbons (Fsp3) is 0.188. The van der Waals surface area contributed by atoms with Gasteiger partial charge in [-0.2, -0.15) is 0 Å². The van der Waals surface area contributed by atoms with Gasteiger partial charge in [0, 0.05) is 19.3 Å². The third kappa shape index (κ3) is 2.09. The van der Waals surface area contributed by atoms with Crippen molar-refractivity contribution in [3.8, 4) is 0 Å². The summed E-state index contributed by atoms with van der Waals surface area (Å²) >= 11 is 0. The van der Waals surface area contributed by atoms with Crippen molar-refractivity contribution in [2.45, 2.75) is 13.1 Å². The maximum atomic E-state index is 12.4. The molecule has 4 nitrogen and oxygen atoms in total. The zero-order valence-corrected chi connectivity index (χ0v) is 11.4. The number of amides is 2. The first-order valence-corrected chi connectivity index (χ1v) is 6.61. The molecule has 3 rings (SSSR count). The molecule has 2 aromatic carbocycles. The van der Waals surface area contributed by atoms with Gasteiger partial charge >= 0.3 is 6.03 Å². The van der Waals surface area contributed by atoms with Gasteiger partial charge in [0.25, 0.3) is 0 Å². The van der Waals surface area contributed by atoms with Crippen molar-refractivity contribution in [1.29, 1.82) is 0 Å². The van der Waals surface area contributed by atoms with Crippen LogP contribution >= 0.6 is 0 Å². The molecule has 1 aliphatic rings. The third-order valence-electron chi connectivity index (χ3n) is 3.63. The Hall–Kier alpha value is -2.49. The van der Waals surface area contributed by atoms with Gasteiger partial charge in [-0.25, -0.2) is 4.79 Å². The average molecular weight is 267 g/mol. The zero-order chi connectivity index (χ0) is 14.1. The second kappa shape index (κ2) is 4.89. The number of hydrogen-bond donors (Lipinski definition) is 1. The van der Waals surface area contributed by atoms with Crippen molar-refractivity contribution < 1.29 is 4.79 Å². The molecule has 1 heterocycles.